The molecule has 0 aromatic rings. The zero-order valence-corrected chi connectivity index (χ0v) is 45.0. The first kappa shape index (κ1) is 65.3. The number of carbonyl (C=O) groups is 3. The molecule has 0 aliphatic heterocycles. The van der Waals surface area contributed by atoms with Gasteiger partial charge in [0.15, 0.2) is 6.10 Å². The van der Waals surface area contributed by atoms with Crippen molar-refractivity contribution in [1.82, 2.24) is 0 Å². The number of carbonyl (C=O) groups excluding carboxylic acids is 3. The Hall–Kier alpha value is -3.67. The Labute approximate surface area is 426 Å². The van der Waals surface area contributed by atoms with Gasteiger partial charge in [0.2, 0.25) is 0 Å². The average molecular weight is 960 g/mol. The summed E-state index contributed by atoms with van der Waals surface area (Å²) in [6.07, 6.45) is 75.7. The summed E-state index contributed by atoms with van der Waals surface area (Å²) in [7, 11) is 0. The normalized spacial score (nSPS) is 12.8. The lowest BCUT2D eigenvalue weighted by Gasteiger charge is -2.18. The second-order valence-corrected chi connectivity index (χ2v) is 18.8. The molecule has 1 atom stereocenters. The maximum atomic E-state index is 12.8. The van der Waals surface area contributed by atoms with Crippen molar-refractivity contribution in [1.29, 1.82) is 0 Å². The smallest absolute Gasteiger partial charge is 0.306 e. The van der Waals surface area contributed by atoms with Crippen LogP contribution in [0.15, 0.2) is 97.2 Å². The molecule has 0 radical (unpaired) electrons. The predicted molar refractivity (Wildman–Crippen MR) is 297 cm³/mol. The summed E-state index contributed by atoms with van der Waals surface area (Å²) in [5.41, 5.74) is 0. The van der Waals surface area contributed by atoms with E-state index < -0.39 is 6.10 Å². The third-order valence-corrected chi connectivity index (χ3v) is 12.1. The molecule has 0 aliphatic carbocycles. The highest BCUT2D eigenvalue weighted by atomic mass is 16.6. The highest BCUT2D eigenvalue weighted by molar-refractivity contribution is 5.71. The molecule has 0 aliphatic rings. The van der Waals surface area contributed by atoms with E-state index in [-0.39, 0.29) is 31.1 Å². The summed E-state index contributed by atoms with van der Waals surface area (Å²) in [6, 6.07) is 0. The zero-order chi connectivity index (χ0) is 50.0. The highest BCUT2D eigenvalue weighted by Gasteiger charge is 2.19. The van der Waals surface area contributed by atoms with E-state index in [0.29, 0.717) is 19.3 Å². The highest BCUT2D eigenvalue weighted by Crippen LogP contribution is 2.14. The lowest BCUT2D eigenvalue weighted by Crippen LogP contribution is -2.30. The molecule has 69 heavy (non-hydrogen) atoms. The molecule has 0 spiro atoms. The molecule has 6 heteroatoms. The molecule has 0 heterocycles. The van der Waals surface area contributed by atoms with Gasteiger partial charge >= 0.3 is 17.9 Å². The maximum absolute atomic E-state index is 12.8. The van der Waals surface area contributed by atoms with Crippen LogP contribution >= 0.6 is 0 Å². The van der Waals surface area contributed by atoms with E-state index in [9.17, 15) is 14.4 Å². The van der Waals surface area contributed by atoms with Gasteiger partial charge < -0.3 is 14.2 Å². The van der Waals surface area contributed by atoms with E-state index in [2.05, 4.69) is 118 Å². The molecule has 0 rings (SSSR count). The average Bonchev–Trinajstić information content (AvgIpc) is 3.35. The van der Waals surface area contributed by atoms with Crippen molar-refractivity contribution in [3.05, 3.63) is 97.2 Å². The van der Waals surface area contributed by atoms with Crippen molar-refractivity contribution < 1.29 is 28.6 Å². The minimum atomic E-state index is -0.783. The van der Waals surface area contributed by atoms with Gasteiger partial charge in [0.1, 0.15) is 13.2 Å². The molecule has 0 saturated heterocycles. The fourth-order valence-corrected chi connectivity index (χ4v) is 7.77. The van der Waals surface area contributed by atoms with Crippen LogP contribution in [0.3, 0.4) is 0 Å². The van der Waals surface area contributed by atoms with Crippen LogP contribution in [0.1, 0.15) is 265 Å². The van der Waals surface area contributed by atoms with E-state index in [4.69, 9.17) is 14.2 Å². The van der Waals surface area contributed by atoms with Crippen LogP contribution in [0.4, 0.5) is 0 Å². The Kier molecular flexibility index (Phi) is 53.9. The van der Waals surface area contributed by atoms with Gasteiger partial charge in [0, 0.05) is 19.3 Å². The second-order valence-electron chi connectivity index (χ2n) is 18.8. The quantitative estimate of drug-likeness (QED) is 0.0262. The topological polar surface area (TPSA) is 78.9 Å². The largest absolute Gasteiger partial charge is 0.462 e. The van der Waals surface area contributed by atoms with Crippen LogP contribution in [0.2, 0.25) is 0 Å². The van der Waals surface area contributed by atoms with Gasteiger partial charge in [-0.25, -0.2) is 0 Å². The van der Waals surface area contributed by atoms with Crippen LogP contribution in [0.25, 0.3) is 0 Å². The van der Waals surface area contributed by atoms with E-state index in [1.165, 1.54) is 103 Å². The molecule has 0 saturated carbocycles. The third-order valence-electron chi connectivity index (χ3n) is 12.1. The fraction of sp³-hybridized carbons (Fsp3) is 0.698. The van der Waals surface area contributed by atoms with E-state index in [1.54, 1.807) is 0 Å². The number of hydrogen-bond acceptors (Lipinski definition) is 6. The van der Waals surface area contributed by atoms with Crippen LogP contribution < -0.4 is 0 Å². The van der Waals surface area contributed by atoms with Crippen LogP contribution in [0, 0.1) is 0 Å². The number of esters is 3. The Balaban J connectivity index is 4.17. The van der Waals surface area contributed by atoms with Crippen LogP contribution in [-0.4, -0.2) is 37.2 Å². The molecule has 6 nitrogen and oxygen atoms in total. The van der Waals surface area contributed by atoms with Gasteiger partial charge in [-0.2, -0.15) is 0 Å². The Bertz CT molecular complexity index is 1380. The Morgan fingerprint density at radius 2 is 0.565 bits per heavy atom. The monoisotopic (exact) mass is 959 g/mol. The summed E-state index contributed by atoms with van der Waals surface area (Å²) >= 11 is 0. The standard InChI is InChI=1S/C63H106O6/c1-4-7-10-13-16-18-20-22-24-26-27-28-29-30-31-32-33-34-35-36-37-38-40-41-43-45-47-50-53-56-62(65)68-59-60(58-67-61(64)55-52-49-15-12-9-6-3)69-63(66)57-54-51-48-46-44-42-39-25-23-21-19-17-14-11-8-5-2/h7,10,16,18,22,24-25,27-28,30-31,33-34,36-37,39,60H,4-6,8-9,11-15,17,19-21,23,26,29,32,35,38,40-59H2,1-3H3/b10-7-,18-16-,24-22-,28-27-,31-30-,34-33-,37-36-,39-25-. The van der Waals surface area contributed by atoms with Gasteiger partial charge in [-0.3, -0.25) is 14.4 Å². The Morgan fingerprint density at radius 3 is 0.899 bits per heavy atom. The molecular formula is C63H106O6. The van der Waals surface area contributed by atoms with E-state index in [1.807, 2.05) is 0 Å². The zero-order valence-electron chi connectivity index (χ0n) is 45.0. The van der Waals surface area contributed by atoms with Gasteiger partial charge in [-0.1, -0.05) is 240 Å². The lowest BCUT2D eigenvalue weighted by atomic mass is 10.1. The van der Waals surface area contributed by atoms with Gasteiger partial charge in [-0.05, 0) is 103 Å². The third kappa shape index (κ3) is 55.1. The van der Waals surface area contributed by atoms with Crippen molar-refractivity contribution >= 4 is 17.9 Å². The fourth-order valence-electron chi connectivity index (χ4n) is 7.77. The first-order valence-electron chi connectivity index (χ1n) is 28.7. The number of allylic oxidation sites excluding steroid dienone is 16. The summed E-state index contributed by atoms with van der Waals surface area (Å²) in [6.45, 7) is 6.45. The van der Waals surface area contributed by atoms with Gasteiger partial charge in [0.05, 0.1) is 0 Å². The second kappa shape index (κ2) is 56.9. The molecule has 0 bridgehead atoms. The summed E-state index contributed by atoms with van der Waals surface area (Å²) in [4.78, 5) is 37.8. The molecule has 0 amide bonds. The van der Waals surface area contributed by atoms with E-state index >= 15 is 0 Å². The van der Waals surface area contributed by atoms with E-state index in [0.717, 1.165) is 122 Å². The lowest BCUT2D eigenvalue weighted by molar-refractivity contribution is -0.167. The van der Waals surface area contributed by atoms with Crippen molar-refractivity contribution in [3.63, 3.8) is 0 Å². The first-order chi connectivity index (χ1) is 34.0. The minimum Gasteiger partial charge on any atom is -0.462 e. The molecule has 0 aromatic carbocycles. The molecule has 1 unspecified atom stereocenters. The number of unbranched alkanes of at least 4 members (excludes halogenated alkanes) is 24. The summed E-state index contributed by atoms with van der Waals surface area (Å²) in [5, 5.41) is 0. The summed E-state index contributed by atoms with van der Waals surface area (Å²) < 4.78 is 16.7. The predicted octanol–water partition coefficient (Wildman–Crippen LogP) is 19.3. The SMILES string of the molecule is CC/C=C\C/C=C\C/C=C\C/C=C\C/C=C\C/C=C\C/C=C\CCCCCCCCCC(=O)OCC(COC(=O)CCCCCCCC)OC(=O)CCCCCCC/C=C\CCCCCCCCC. The van der Waals surface area contributed by atoms with Crippen molar-refractivity contribution in [3.8, 4) is 0 Å². The molecule has 0 aromatic heterocycles. The van der Waals surface area contributed by atoms with Crippen LogP contribution in [0.5, 0.6) is 0 Å². The first-order valence-corrected chi connectivity index (χ1v) is 28.7. The van der Waals surface area contributed by atoms with Gasteiger partial charge in [-0.15, -0.1) is 0 Å². The summed E-state index contributed by atoms with van der Waals surface area (Å²) in [5.74, 6) is -0.912. The van der Waals surface area contributed by atoms with Crippen LogP contribution in [-0.2, 0) is 28.6 Å². The molecular weight excluding hydrogens is 853 g/mol. The molecule has 394 valence electrons. The molecule has 0 N–H and O–H groups in total. The minimum absolute atomic E-state index is 0.0839. The van der Waals surface area contributed by atoms with Crippen molar-refractivity contribution in [2.75, 3.05) is 13.2 Å². The van der Waals surface area contributed by atoms with Crippen molar-refractivity contribution in [2.45, 2.75) is 271 Å². The number of rotatable bonds is 51. The number of ether oxygens (including phenoxy) is 3. The Morgan fingerprint density at radius 1 is 0.304 bits per heavy atom. The number of hydrogen-bond donors (Lipinski definition) is 0. The van der Waals surface area contributed by atoms with Crippen molar-refractivity contribution in [2.24, 2.45) is 0 Å². The van der Waals surface area contributed by atoms with Gasteiger partial charge in [0.25, 0.3) is 0 Å². The maximum Gasteiger partial charge on any atom is 0.306 e. The molecule has 0 fully saturated rings.